The Morgan fingerprint density at radius 3 is 2.18 bits per heavy atom. The fraction of sp³-hybridized carbons (Fsp3) is 0.286. The SMILES string of the molecule is CCN(CC)c1ccc(NC(=O)COc2ccccc2C(=O)Nc2cc(C)cc(C)c2)c(C)c1. The zero-order valence-corrected chi connectivity index (χ0v) is 20.6. The van der Waals surface area contributed by atoms with Crippen LogP contribution in [-0.2, 0) is 4.79 Å². The van der Waals surface area contributed by atoms with Crippen LogP contribution in [0.5, 0.6) is 5.75 Å². The van der Waals surface area contributed by atoms with Crippen molar-refractivity contribution in [2.75, 3.05) is 35.2 Å². The van der Waals surface area contributed by atoms with E-state index in [2.05, 4.69) is 35.4 Å². The molecule has 0 atom stereocenters. The highest BCUT2D eigenvalue weighted by Crippen LogP contribution is 2.24. The fourth-order valence-corrected chi connectivity index (χ4v) is 3.93. The Hall–Kier alpha value is -3.80. The maximum atomic E-state index is 12.9. The van der Waals surface area contributed by atoms with Crippen molar-refractivity contribution in [3.8, 4) is 5.75 Å². The first-order chi connectivity index (χ1) is 16.3. The molecule has 2 amide bonds. The largest absolute Gasteiger partial charge is 0.483 e. The average Bonchev–Trinajstić information content (AvgIpc) is 2.79. The number of benzene rings is 3. The summed E-state index contributed by atoms with van der Waals surface area (Å²) in [5.41, 5.74) is 6.07. The van der Waals surface area contributed by atoms with E-state index in [-0.39, 0.29) is 18.4 Å². The summed E-state index contributed by atoms with van der Waals surface area (Å²) in [7, 11) is 0. The number of amides is 2. The molecule has 0 saturated heterocycles. The lowest BCUT2D eigenvalue weighted by atomic mass is 10.1. The minimum absolute atomic E-state index is 0.203. The van der Waals surface area contributed by atoms with Gasteiger partial charge in [0.15, 0.2) is 6.61 Å². The molecule has 178 valence electrons. The molecule has 0 aliphatic rings. The summed E-state index contributed by atoms with van der Waals surface area (Å²) in [4.78, 5) is 27.7. The van der Waals surface area contributed by atoms with Gasteiger partial charge in [0.2, 0.25) is 0 Å². The van der Waals surface area contributed by atoms with Crippen LogP contribution in [0.4, 0.5) is 17.1 Å². The van der Waals surface area contributed by atoms with Crippen molar-refractivity contribution in [3.05, 3.63) is 82.9 Å². The molecular weight excluding hydrogens is 426 g/mol. The maximum absolute atomic E-state index is 12.9. The second kappa shape index (κ2) is 11.4. The molecule has 0 spiro atoms. The molecule has 6 nitrogen and oxygen atoms in total. The van der Waals surface area contributed by atoms with Gasteiger partial charge < -0.3 is 20.3 Å². The Bertz CT molecular complexity index is 1150. The van der Waals surface area contributed by atoms with Crippen molar-refractivity contribution in [2.45, 2.75) is 34.6 Å². The van der Waals surface area contributed by atoms with E-state index in [4.69, 9.17) is 4.74 Å². The lowest BCUT2D eigenvalue weighted by Gasteiger charge is -2.22. The van der Waals surface area contributed by atoms with Crippen molar-refractivity contribution in [2.24, 2.45) is 0 Å². The Balaban J connectivity index is 1.65. The number of rotatable bonds is 9. The van der Waals surface area contributed by atoms with Crippen molar-refractivity contribution < 1.29 is 14.3 Å². The molecule has 0 aromatic heterocycles. The minimum Gasteiger partial charge on any atom is -0.483 e. The number of hydrogen-bond donors (Lipinski definition) is 2. The molecule has 0 aliphatic carbocycles. The third-order valence-electron chi connectivity index (χ3n) is 5.58. The van der Waals surface area contributed by atoms with Crippen LogP contribution in [-0.4, -0.2) is 31.5 Å². The maximum Gasteiger partial charge on any atom is 0.262 e. The topological polar surface area (TPSA) is 70.7 Å². The molecule has 0 bridgehead atoms. The van der Waals surface area contributed by atoms with Gasteiger partial charge >= 0.3 is 0 Å². The zero-order chi connectivity index (χ0) is 24.7. The first kappa shape index (κ1) is 24.8. The van der Waals surface area contributed by atoms with Gasteiger partial charge in [0.25, 0.3) is 11.8 Å². The van der Waals surface area contributed by atoms with Crippen molar-refractivity contribution in [1.29, 1.82) is 0 Å². The summed E-state index contributed by atoms with van der Waals surface area (Å²) >= 11 is 0. The summed E-state index contributed by atoms with van der Waals surface area (Å²) in [5.74, 6) is -0.222. The van der Waals surface area contributed by atoms with Crippen LogP contribution < -0.4 is 20.3 Å². The first-order valence-electron chi connectivity index (χ1n) is 11.6. The monoisotopic (exact) mass is 459 g/mol. The van der Waals surface area contributed by atoms with Gasteiger partial charge in [-0.25, -0.2) is 0 Å². The highest BCUT2D eigenvalue weighted by molar-refractivity contribution is 6.06. The number of nitrogens with zero attached hydrogens (tertiary/aromatic N) is 1. The number of nitrogens with one attached hydrogen (secondary N) is 2. The number of hydrogen-bond acceptors (Lipinski definition) is 4. The summed E-state index contributed by atoms with van der Waals surface area (Å²) in [6, 6.07) is 18.8. The third-order valence-corrected chi connectivity index (χ3v) is 5.58. The number of ether oxygens (including phenoxy) is 1. The minimum atomic E-state index is -0.289. The average molecular weight is 460 g/mol. The van der Waals surface area contributed by atoms with Crippen LogP contribution in [0.25, 0.3) is 0 Å². The molecule has 0 heterocycles. The van der Waals surface area contributed by atoms with Gasteiger partial charge in [-0.3, -0.25) is 9.59 Å². The number of carbonyl (C=O) groups is 2. The molecule has 3 aromatic carbocycles. The normalized spacial score (nSPS) is 10.5. The molecule has 3 rings (SSSR count). The molecule has 0 radical (unpaired) electrons. The van der Waals surface area contributed by atoms with E-state index < -0.39 is 0 Å². The number of anilines is 3. The molecule has 0 saturated carbocycles. The van der Waals surface area contributed by atoms with E-state index in [0.717, 1.165) is 46.8 Å². The molecule has 0 unspecified atom stereocenters. The van der Waals surface area contributed by atoms with E-state index in [9.17, 15) is 9.59 Å². The second-order valence-corrected chi connectivity index (χ2v) is 8.34. The van der Waals surface area contributed by atoms with E-state index in [1.807, 2.05) is 51.1 Å². The second-order valence-electron chi connectivity index (χ2n) is 8.34. The van der Waals surface area contributed by atoms with Gasteiger partial charge in [-0.1, -0.05) is 18.2 Å². The van der Waals surface area contributed by atoms with Crippen LogP contribution in [0.3, 0.4) is 0 Å². The van der Waals surface area contributed by atoms with Gasteiger partial charge in [0.1, 0.15) is 5.75 Å². The van der Waals surface area contributed by atoms with Crippen molar-refractivity contribution in [1.82, 2.24) is 0 Å². The third kappa shape index (κ3) is 6.38. The zero-order valence-electron chi connectivity index (χ0n) is 20.6. The smallest absolute Gasteiger partial charge is 0.262 e. The standard InChI is InChI=1S/C28H33N3O3/c1-6-31(7-2)23-12-13-25(21(5)17-23)30-27(32)18-34-26-11-9-8-10-24(26)28(33)29-22-15-19(3)14-20(4)16-22/h8-17H,6-7,18H2,1-5H3,(H,29,33)(H,30,32). The van der Waals surface area contributed by atoms with Gasteiger partial charge in [-0.15, -0.1) is 0 Å². The Kier molecular flexibility index (Phi) is 8.30. The summed E-state index contributed by atoms with van der Waals surface area (Å²) < 4.78 is 5.73. The van der Waals surface area contributed by atoms with E-state index >= 15 is 0 Å². The predicted octanol–water partition coefficient (Wildman–Crippen LogP) is 5.73. The summed E-state index contributed by atoms with van der Waals surface area (Å²) in [6.45, 7) is 11.8. The van der Waals surface area contributed by atoms with Gasteiger partial charge in [0, 0.05) is 30.2 Å². The molecular formula is C28H33N3O3. The van der Waals surface area contributed by atoms with Gasteiger partial charge in [-0.05, 0) is 93.8 Å². The van der Waals surface area contributed by atoms with Crippen LogP contribution in [0.1, 0.15) is 40.9 Å². The molecule has 0 fully saturated rings. The number of para-hydroxylation sites is 1. The highest BCUT2D eigenvalue weighted by atomic mass is 16.5. The van der Waals surface area contributed by atoms with E-state index in [0.29, 0.717) is 11.3 Å². The van der Waals surface area contributed by atoms with Crippen molar-refractivity contribution >= 4 is 28.9 Å². The van der Waals surface area contributed by atoms with Gasteiger partial charge in [-0.2, -0.15) is 0 Å². The first-order valence-corrected chi connectivity index (χ1v) is 11.6. The van der Waals surface area contributed by atoms with Crippen LogP contribution in [0, 0.1) is 20.8 Å². The van der Waals surface area contributed by atoms with Gasteiger partial charge in [0.05, 0.1) is 5.56 Å². The molecule has 2 N–H and O–H groups in total. The summed E-state index contributed by atoms with van der Waals surface area (Å²) in [5, 5.41) is 5.82. The predicted molar refractivity (Wildman–Crippen MR) is 139 cm³/mol. The van der Waals surface area contributed by atoms with Crippen molar-refractivity contribution in [3.63, 3.8) is 0 Å². The quantitative estimate of drug-likeness (QED) is 0.429. The Morgan fingerprint density at radius 1 is 0.853 bits per heavy atom. The van der Waals surface area contributed by atoms with Crippen LogP contribution >= 0.6 is 0 Å². The van der Waals surface area contributed by atoms with E-state index in [1.54, 1.807) is 24.3 Å². The molecule has 34 heavy (non-hydrogen) atoms. The highest BCUT2D eigenvalue weighted by Gasteiger charge is 2.15. The number of carbonyl (C=O) groups excluding carboxylic acids is 2. The number of aryl methyl sites for hydroxylation is 3. The Labute approximate surface area is 201 Å². The molecule has 3 aromatic rings. The van der Waals surface area contributed by atoms with E-state index in [1.165, 1.54) is 0 Å². The van der Waals surface area contributed by atoms with Crippen LogP contribution in [0.2, 0.25) is 0 Å². The molecule has 6 heteroatoms. The lowest BCUT2D eigenvalue weighted by Crippen LogP contribution is -2.23. The van der Waals surface area contributed by atoms with Crippen LogP contribution in [0.15, 0.2) is 60.7 Å². The fourth-order valence-electron chi connectivity index (χ4n) is 3.93. The lowest BCUT2D eigenvalue weighted by molar-refractivity contribution is -0.118. The Morgan fingerprint density at radius 2 is 1.53 bits per heavy atom. The summed E-state index contributed by atoms with van der Waals surface area (Å²) in [6.07, 6.45) is 0. The molecule has 0 aliphatic heterocycles.